The smallest absolute Gasteiger partial charge is 0.251 e. The van der Waals surface area contributed by atoms with Crippen LogP contribution in [-0.4, -0.2) is 62.1 Å². The van der Waals surface area contributed by atoms with Crippen LogP contribution in [0.3, 0.4) is 0 Å². The molecule has 1 rings (SSSR count). The first kappa shape index (κ1) is 25.6. The van der Waals surface area contributed by atoms with Gasteiger partial charge in [-0.15, -0.1) is 24.0 Å². The molecule has 0 heterocycles. The Morgan fingerprint density at radius 3 is 2.07 bits per heavy atom. The number of nitrogens with one attached hydrogen (secondary N) is 3. The largest absolute Gasteiger partial charge is 0.356 e. The van der Waals surface area contributed by atoms with E-state index in [1.165, 1.54) is 0 Å². The van der Waals surface area contributed by atoms with Crippen LogP contribution in [0.4, 0.5) is 0 Å². The van der Waals surface area contributed by atoms with Gasteiger partial charge in [0.05, 0.1) is 0 Å². The van der Waals surface area contributed by atoms with Gasteiger partial charge in [-0.1, -0.05) is 18.2 Å². The number of guanidine groups is 1. The second kappa shape index (κ2) is 14.7. The molecule has 0 bridgehead atoms. The van der Waals surface area contributed by atoms with Crippen molar-refractivity contribution in [3.05, 3.63) is 35.9 Å². The van der Waals surface area contributed by atoms with E-state index in [0.29, 0.717) is 30.7 Å². The van der Waals surface area contributed by atoms with Crippen molar-refractivity contribution < 1.29 is 4.79 Å². The Hall–Kier alpha value is -1.35. The summed E-state index contributed by atoms with van der Waals surface area (Å²) in [6, 6.07) is 10.3. The van der Waals surface area contributed by atoms with E-state index in [1.807, 2.05) is 18.2 Å². The van der Waals surface area contributed by atoms with E-state index in [2.05, 4.69) is 53.5 Å². The number of amides is 1. The van der Waals surface area contributed by atoms with Gasteiger partial charge in [0.15, 0.2) is 5.96 Å². The second-order valence-corrected chi connectivity index (χ2v) is 6.83. The first-order chi connectivity index (χ1) is 12.5. The Labute approximate surface area is 181 Å². The van der Waals surface area contributed by atoms with Gasteiger partial charge in [0.1, 0.15) is 0 Å². The average molecular weight is 489 g/mol. The fourth-order valence-electron chi connectivity index (χ4n) is 2.85. The maximum Gasteiger partial charge on any atom is 0.251 e. The van der Waals surface area contributed by atoms with E-state index < -0.39 is 0 Å². The van der Waals surface area contributed by atoms with Gasteiger partial charge >= 0.3 is 0 Å². The molecule has 0 aliphatic rings. The fraction of sp³-hybridized carbons (Fsp3) is 0.600. The summed E-state index contributed by atoms with van der Waals surface area (Å²) >= 11 is 0. The van der Waals surface area contributed by atoms with Crippen molar-refractivity contribution in [3.63, 3.8) is 0 Å². The average Bonchev–Trinajstić information content (AvgIpc) is 2.63. The highest BCUT2D eigenvalue weighted by Gasteiger charge is 2.12. The van der Waals surface area contributed by atoms with E-state index in [4.69, 9.17) is 0 Å². The number of hydrogen-bond acceptors (Lipinski definition) is 3. The molecule has 1 aromatic rings. The molecule has 7 heteroatoms. The quantitative estimate of drug-likeness (QED) is 0.205. The summed E-state index contributed by atoms with van der Waals surface area (Å²) in [7, 11) is 1.76. The standard InChI is InChI=1S/C20H35N5O.HI/c1-16(2)25(17(3)4)15-9-12-23-20(21-5)24-14-13-22-19(26)18-10-7-6-8-11-18;/h6-8,10-11,16-17H,9,12-15H2,1-5H3,(H,22,26)(H2,21,23,24);1H. The van der Waals surface area contributed by atoms with Crippen LogP contribution in [0.2, 0.25) is 0 Å². The van der Waals surface area contributed by atoms with Crippen LogP contribution in [0.1, 0.15) is 44.5 Å². The Morgan fingerprint density at radius 1 is 0.963 bits per heavy atom. The molecule has 0 fully saturated rings. The Bertz CT molecular complexity index is 541. The molecule has 1 aromatic carbocycles. The van der Waals surface area contributed by atoms with Gasteiger partial charge < -0.3 is 16.0 Å². The highest BCUT2D eigenvalue weighted by atomic mass is 127. The van der Waals surface area contributed by atoms with Crippen molar-refractivity contribution in [2.75, 3.05) is 33.2 Å². The molecule has 0 spiro atoms. The molecular formula is C20H36IN5O. The molecule has 3 N–H and O–H groups in total. The molecule has 0 aliphatic carbocycles. The number of hydrogen-bond donors (Lipinski definition) is 3. The zero-order valence-corrected chi connectivity index (χ0v) is 19.6. The normalized spacial score (nSPS) is 11.5. The van der Waals surface area contributed by atoms with Crippen LogP contribution < -0.4 is 16.0 Å². The summed E-state index contributed by atoms with van der Waals surface area (Å²) in [4.78, 5) is 18.7. The van der Waals surface area contributed by atoms with E-state index in [9.17, 15) is 4.79 Å². The number of benzene rings is 1. The highest BCUT2D eigenvalue weighted by Crippen LogP contribution is 2.05. The summed E-state index contributed by atoms with van der Waals surface area (Å²) in [5.41, 5.74) is 0.676. The van der Waals surface area contributed by atoms with Crippen molar-refractivity contribution in [1.29, 1.82) is 0 Å². The molecule has 0 atom stereocenters. The summed E-state index contributed by atoms with van der Waals surface area (Å²) in [6.45, 7) is 12.0. The summed E-state index contributed by atoms with van der Waals surface area (Å²) in [5.74, 6) is 0.706. The Morgan fingerprint density at radius 2 is 1.52 bits per heavy atom. The number of carbonyl (C=O) groups excluding carboxylic acids is 1. The lowest BCUT2D eigenvalue weighted by Crippen LogP contribution is -2.43. The lowest BCUT2D eigenvalue weighted by molar-refractivity contribution is 0.0954. The number of rotatable bonds is 10. The number of carbonyl (C=O) groups is 1. The molecule has 0 unspecified atom stereocenters. The van der Waals surface area contributed by atoms with Crippen LogP contribution in [0.5, 0.6) is 0 Å². The van der Waals surface area contributed by atoms with Crippen LogP contribution in [0.25, 0.3) is 0 Å². The van der Waals surface area contributed by atoms with Crippen LogP contribution >= 0.6 is 24.0 Å². The van der Waals surface area contributed by atoms with Crippen molar-refractivity contribution in [2.24, 2.45) is 4.99 Å². The van der Waals surface area contributed by atoms with Crippen molar-refractivity contribution in [3.8, 4) is 0 Å². The molecule has 0 radical (unpaired) electrons. The third-order valence-corrected chi connectivity index (χ3v) is 4.17. The monoisotopic (exact) mass is 489 g/mol. The Kier molecular flexibility index (Phi) is 13.9. The molecule has 6 nitrogen and oxygen atoms in total. The van der Waals surface area contributed by atoms with Gasteiger partial charge in [-0.25, -0.2) is 0 Å². The maximum absolute atomic E-state index is 12.0. The molecule has 0 aliphatic heterocycles. The maximum atomic E-state index is 12.0. The van der Waals surface area contributed by atoms with Crippen molar-refractivity contribution in [2.45, 2.75) is 46.2 Å². The van der Waals surface area contributed by atoms with Crippen molar-refractivity contribution >= 4 is 35.8 Å². The highest BCUT2D eigenvalue weighted by molar-refractivity contribution is 14.0. The summed E-state index contributed by atoms with van der Waals surface area (Å²) in [6.07, 6.45) is 1.06. The number of nitrogens with zero attached hydrogens (tertiary/aromatic N) is 2. The number of halogens is 1. The summed E-state index contributed by atoms with van der Waals surface area (Å²) < 4.78 is 0. The molecule has 154 valence electrons. The SMILES string of the molecule is CN=C(NCCCN(C(C)C)C(C)C)NCCNC(=O)c1ccccc1.I. The molecule has 0 saturated heterocycles. The zero-order chi connectivity index (χ0) is 19.4. The second-order valence-electron chi connectivity index (χ2n) is 6.83. The van der Waals surface area contributed by atoms with Crippen LogP contribution in [0.15, 0.2) is 35.3 Å². The fourth-order valence-corrected chi connectivity index (χ4v) is 2.85. The number of aliphatic imine (C=N–C) groups is 1. The van der Waals surface area contributed by atoms with E-state index in [1.54, 1.807) is 19.2 Å². The minimum atomic E-state index is -0.0576. The molecule has 1 amide bonds. The van der Waals surface area contributed by atoms with E-state index >= 15 is 0 Å². The van der Waals surface area contributed by atoms with Gasteiger partial charge in [-0.2, -0.15) is 0 Å². The van der Waals surface area contributed by atoms with Crippen LogP contribution in [0, 0.1) is 0 Å². The molecule has 27 heavy (non-hydrogen) atoms. The van der Waals surface area contributed by atoms with Gasteiger partial charge in [-0.3, -0.25) is 14.7 Å². The molecule has 0 aromatic heterocycles. The lowest BCUT2D eigenvalue weighted by atomic mass is 10.2. The van der Waals surface area contributed by atoms with Gasteiger partial charge in [0.2, 0.25) is 0 Å². The summed E-state index contributed by atoms with van der Waals surface area (Å²) in [5, 5.41) is 9.44. The first-order valence-corrected chi connectivity index (χ1v) is 9.49. The van der Waals surface area contributed by atoms with Gasteiger partial charge in [0, 0.05) is 50.9 Å². The third-order valence-electron chi connectivity index (χ3n) is 4.17. The van der Waals surface area contributed by atoms with Gasteiger partial charge in [-0.05, 0) is 46.2 Å². The first-order valence-electron chi connectivity index (χ1n) is 9.49. The minimum Gasteiger partial charge on any atom is -0.356 e. The zero-order valence-electron chi connectivity index (χ0n) is 17.3. The minimum absolute atomic E-state index is 0. The van der Waals surface area contributed by atoms with Crippen molar-refractivity contribution in [1.82, 2.24) is 20.9 Å². The third kappa shape index (κ3) is 10.5. The topological polar surface area (TPSA) is 68.8 Å². The predicted molar refractivity (Wildman–Crippen MR) is 125 cm³/mol. The van der Waals surface area contributed by atoms with Crippen LogP contribution in [-0.2, 0) is 0 Å². The molecular weight excluding hydrogens is 453 g/mol. The van der Waals surface area contributed by atoms with E-state index in [0.717, 1.165) is 25.5 Å². The lowest BCUT2D eigenvalue weighted by Gasteiger charge is -2.30. The Balaban J connectivity index is 0.00000676. The predicted octanol–water partition coefficient (Wildman–Crippen LogP) is 2.71. The van der Waals surface area contributed by atoms with Gasteiger partial charge in [0.25, 0.3) is 5.91 Å². The van der Waals surface area contributed by atoms with E-state index in [-0.39, 0.29) is 29.9 Å². The molecule has 0 saturated carbocycles.